The number of halogens is 1. The van der Waals surface area contributed by atoms with Crippen molar-refractivity contribution >= 4 is 49.3 Å². The normalized spacial score (nSPS) is 11.2. The molecule has 0 spiro atoms. The quantitative estimate of drug-likeness (QED) is 0.392. The lowest BCUT2D eigenvalue weighted by molar-refractivity contribution is -0.118. The van der Waals surface area contributed by atoms with Gasteiger partial charge in [-0.25, -0.2) is 14.4 Å². The Morgan fingerprint density at radius 2 is 2.07 bits per heavy atom. The van der Waals surface area contributed by atoms with E-state index in [1.165, 1.54) is 35.5 Å². The van der Waals surface area contributed by atoms with Crippen molar-refractivity contribution in [3.63, 3.8) is 0 Å². The molecule has 2 aromatic heterocycles. The summed E-state index contributed by atoms with van der Waals surface area (Å²) in [6, 6.07) is 13.0. The molecule has 0 unspecified atom stereocenters. The summed E-state index contributed by atoms with van der Waals surface area (Å²) in [5, 5.41) is 4.14. The fourth-order valence-corrected chi connectivity index (χ4v) is 4.94. The fourth-order valence-electron chi connectivity index (χ4n) is 2.87. The smallest absolute Gasteiger partial charge is 0.230 e. The first-order chi connectivity index (χ1) is 13.1. The molecule has 7 heteroatoms. The highest BCUT2D eigenvalue weighted by Gasteiger charge is 2.15. The predicted molar refractivity (Wildman–Crippen MR) is 109 cm³/mol. The van der Waals surface area contributed by atoms with E-state index in [0.29, 0.717) is 22.5 Å². The van der Waals surface area contributed by atoms with Crippen molar-refractivity contribution in [2.45, 2.75) is 18.5 Å². The Labute approximate surface area is 163 Å². The number of nitrogens with one attached hydrogen (secondary N) is 1. The lowest BCUT2D eigenvalue weighted by Crippen LogP contribution is -2.24. The summed E-state index contributed by atoms with van der Waals surface area (Å²) in [6.45, 7) is 2.52. The highest BCUT2D eigenvalue weighted by atomic mass is 32.2. The molecular weight excluding hydrogens is 381 g/mol. The third kappa shape index (κ3) is 3.79. The Bertz CT molecular complexity index is 1140. The van der Waals surface area contributed by atoms with Crippen LogP contribution in [0.1, 0.15) is 11.1 Å². The van der Waals surface area contributed by atoms with Gasteiger partial charge in [0.2, 0.25) is 5.91 Å². The molecule has 4 rings (SSSR count). The van der Waals surface area contributed by atoms with E-state index in [1.54, 1.807) is 6.07 Å². The number of thioether (sulfide) groups is 1. The van der Waals surface area contributed by atoms with Crippen molar-refractivity contribution in [2.75, 3.05) is 5.75 Å². The first-order valence-corrected chi connectivity index (χ1v) is 10.2. The van der Waals surface area contributed by atoms with Gasteiger partial charge in [-0.1, -0.05) is 47.7 Å². The third-order valence-electron chi connectivity index (χ3n) is 4.11. The first-order valence-electron chi connectivity index (χ1n) is 8.38. The summed E-state index contributed by atoms with van der Waals surface area (Å²) in [4.78, 5) is 20.7. The fraction of sp³-hybridized carbons (Fsp3) is 0.150. The molecule has 0 bridgehead atoms. The molecule has 0 aliphatic carbocycles. The van der Waals surface area contributed by atoms with Gasteiger partial charge < -0.3 is 5.32 Å². The number of rotatable bonds is 5. The number of carbonyl (C=O) groups excluding carboxylic acids is 1. The molecule has 0 radical (unpaired) electrons. The Morgan fingerprint density at radius 3 is 2.93 bits per heavy atom. The van der Waals surface area contributed by atoms with E-state index in [1.807, 2.05) is 37.3 Å². The number of fused-ring (bicyclic) bond motifs is 3. The molecule has 0 aliphatic rings. The maximum absolute atomic E-state index is 14.2. The van der Waals surface area contributed by atoms with Gasteiger partial charge in [-0.2, -0.15) is 0 Å². The van der Waals surface area contributed by atoms with Gasteiger partial charge in [0.1, 0.15) is 17.2 Å². The van der Waals surface area contributed by atoms with Gasteiger partial charge in [-0.3, -0.25) is 4.79 Å². The molecule has 2 heterocycles. The van der Waals surface area contributed by atoms with Crippen LogP contribution in [0.15, 0.2) is 53.8 Å². The molecule has 4 aromatic rings. The van der Waals surface area contributed by atoms with Gasteiger partial charge >= 0.3 is 0 Å². The number of thiophene rings is 1. The van der Waals surface area contributed by atoms with Gasteiger partial charge in [-0.05, 0) is 24.6 Å². The minimum absolute atomic E-state index is 0.0689. The van der Waals surface area contributed by atoms with E-state index >= 15 is 0 Å². The number of benzene rings is 2. The second-order valence-corrected chi connectivity index (χ2v) is 8.14. The van der Waals surface area contributed by atoms with Crippen LogP contribution in [-0.2, 0) is 11.3 Å². The highest BCUT2D eigenvalue weighted by Crippen LogP contribution is 2.38. The lowest BCUT2D eigenvalue weighted by Gasteiger charge is -2.06. The maximum atomic E-state index is 14.2. The van der Waals surface area contributed by atoms with Crippen molar-refractivity contribution < 1.29 is 9.18 Å². The molecule has 0 fully saturated rings. The van der Waals surface area contributed by atoms with Gasteiger partial charge in [0.15, 0.2) is 0 Å². The molecule has 1 amide bonds. The average Bonchev–Trinajstić information content (AvgIpc) is 3.05. The van der Waals surface area contributed by atoms with Crippen LogP contribution in [-0.4, -0.2) is 21.6 Å². The second kappa shape index (κ2) is 7.62. The number of aromatic nitrogens is 2. The van der Waals surface area contributed by atoms with Crippen LogP contribution in [0.25, 0.3) is 20.3 Å². The average molecular weight is 398 g/mol. The van der Waals surface area contributed by atoms with E-state index in [0.717, 1.165) is 20.5 Å². The van der Waals surface area contributed by atoms with Crippen LogP contribution >= 0.6 is 23.1 Å². The lowest BCUT2D eigenvalue weighted by atomic mass is 10.1. The molecule has 136 valence electrons. The number of carbonyl (C=O) groups is 1. The Balaban J connectivity index is 1.48. The zero-order valence-electron chi connectivity index (χ0n) is 14.5. The molecule has 2 aromatic carbocycles. The number of aryl methyl sites for hydroxylation is 1. The molecule has 0 saturated carbocycles. The summed E-state index contributed by atoms with van der Waals surface area (Å²) >= 11 is 2.79. The van der Waals surface area contributed by atoms with Crippen LogP contribution in [0.4, 0.5) is 4.39 Å². The van der Waals surface area contributed by atoms with Crippen molar-refractivity contribution in [1.82, 2.24) is 15.3 Å². The van der Waals surface area contributed by atoms with Crippen molar-refractivity contribution in [3.05, 3.63) is 65.7 Å². The van der Waals surface area contributed by atoms with Crippen LogP contribution < -0.4 is 5.32 Å². The largest absolute Gasteiger partial charge is 0.351 e. The van der Waals surface area contributed by atoms with Crippen LogP contribution in [0.2, 0.25) is 0 Å². The monoisotopic (exact) mass is 397 g/mol. The summed E-state index contributed by atoms with van der Waals surface area (Å²) < 4.78 is 15.8. The number of nitrogens with zero attached hydrogens (tertiary/aromatic N) is 2. The van der Waals surface area contributed by atoms with Gasteiger partial charge in [0, 0.05) is 11.2 Å². The molecule has 0 aliphatic heterocycles. The van der Waals surface area contributed by atoms with E-state index in [-0.39, 0.29) is 17.5 Å². The molecule has 0 atom stereocenters. The standard InChI is InChI=1S/C20H16FN3OS2/c1-12-4-2-5-13(8-12)9-22-16(25)10-26-20-19-18(23-11-24-20)17-14(21)6-3-7-15(17)27-19/h2-8,11H,9-10H2,1H3,(H,22,25). The number of hydrogen-bond acceptors (Lipinski definition) is 5. The molecular formula is C20H16FN3OS2. The van der Waals surface area contributed by atoms with E-state index < -0.39 is 0 Å². The topological polar surface area (TPSA) is 54.9 Å². The second-order valence-electron chi connectivity index (χ2n) is 6.13. The van der Waals surface area contributed by atoms with Crippen LogP contribution in [0.5, 0.6) is 0 Å². The predicted octanol–water partition coefficient (Wildman–Crippen LogP) is 4.70. The Hall–Kier alpha value is -2.51. The summed E-state index contributed by atoms with van der Waals surface area (Å²) in [7, 11) is 0. The molecule has 0 saturated heterocycles. The van der Waals surface area contributed by atoms with E-state index in [9.17, 15) is 9.18 Å². The summed E-state index contributed by atoms with van der Waals surface area (Å²) in [6.07, 6.45) is 1.42. The van der Waals surface area contributed by atoms with E-state index in [2.05, 4.69) is 15.3 Å². The van der Waals surface area contributed by atoms with Gasteiger partial charge in [-0.15, -0.1) is 11.3 Å². The summed E-state index contributed by atoms with van der Waals surface area (Å²) in [5.74, 6) is -0.112. The SMILES string of the molecule is Cc1cccc(CNC(=O)CSc2ncnc3c2sc2cccc(F)c23)c1. The van der Waals surface area contributed by atoms with Gasteiger partial charge in [0.25, 0.3) is 0 Å². The van der Waals surface area contributed by atoms with Gasteiger partial charge in [0.05, 0.1) is 21.4 Å². The Morgan fingerprint density at radius 1 is 1.22 bits per heavy atom. The number of amides is 1. The van der Waals surface area contributed by atoms with Crippen LogP contribution in [0.3, 0.4) is 0 Å². The first kappa shape index (κ1) is 17.9. The zero-order valence-corrected chi connectivity index (χ0v) is 16.2. The molecule has 27 heavy (non-hydrogen) atoms. The molecule has 1 N–H and O–H groups in total. The summed E-state index contributed by atoms with van der Waals surface area (Å²) in [5.41, 5.74) is 2.83. The Kier molecular flexibility index (Phi) is 5.05. The maximum Gasteiger partial charge on any atom is 0.230 e. The van der Waals surface area contributed by atoms with Crippen molar-refractivity contribution in [3.8, 4) is 0 Å². The van der Waals surface area contributed by atoms with Crippen molar-refractivity contribution in [1.29, 1.82) is 0 Å². The minimum Gasteiger partial charge on any atom is -0.351 e. The third-order valence-corrected chi connectivity index (χ3v) is 6.38. The highest BCUT2D eigenvalue weighted by molar-refractivity contribution is 8.00. The molecule has 4 nitrogen and oxygen atoms in total. The minimum atomic E-state index is -0.288. The van der Waals surface area contributed by atoms with Crippen LogP contribution in [0, 0.1) is 12.7 Å². The zero-order chi connectivity index (χ0) is 18.8. The van der Waals surface area contributed by atoms with Crippen molar-refractivity contribution in [2.24, 2.45) is 0 Å². The number of hydrogen-bond donors (Lipinski definition) is 1. The van der Waals surface area contributed by atoms with E-state index in [4.69, 9.17) is 0 Å².